The molecule has 2 heterocycles. The van der Waals surface area contributed by atoms with Crippen LogP contribution in [0.1, 0.15) is 0 Å². The smallest absolute Gasteiger partial charge is 0.323 e. The van der Waals surface area contributed by atoms with Gasteiger partial charge in [-0.15, -0.1) is 0 Å². The number of rotatable bonds is 2. The van der Waals surface area contributed by atoms with E-state index in [2.05, 4.69) is 15.6 Å². The van der Waals surface area contributed by atoms with Crippen molar-refractivity contribution >= 4 is 55.7 Å². The van der Waals surface area contributed by atoms with Crippen molar-refractivity contribution in [3.05, 3.63) is 28.3 Å². The summed E-state index contributed by atoms with van der Waals surface area (Å²) in [6.07, 6.45) is 0. The van der Waals surface area contributed by atoms with E-state index in [9.17, 15) is 14.9 Å². The lowest BCUT2D eigenvalue weighted by Crippen LogP contribution is -2.48. The second kappa shape index (κ2) is 7.03. The van der Waals surface area contributed by atoms with Gasteiger partial charge < -0.3 is 15.0 Å². The Labute approximate surface area is 145 Å². The Morgan fingerprint density at radius 2 is 2.17 bits per heavy atom. The van der Waals surface area contributed by atoms with Crippen LogP contribution < -0.4 is 10.6 Å². The van der Waals surface area contributed by atoms with E-state index in [0.717, 1.165) is 4.70 Å². The number of hydrogen-bond donors (Lipinski definition) is 2. The molecule has 0 spiro atoms. The first-order chi connectivity index (χ1) is 11.5. The third kappa shape index (κ3) is 3.75. The molecule has 2 aromatic rings. The largest absolute Gasteiger partial charge is 0.378 e. The van der Waals surface area contributed by atoms with Crippen LogP contribution in [-0.2, 0) is 4.74 Å². The third-order valence-electron chi connectivity index (χ3n) is 3.32. The predicted molar refractivity (Wildman–Crippen MR) is 93.4 cm³/mol. The summed E-state index contributed by atoms with van der Waals surface area (Å²) in [5.74, 6) is 0. The number of nitrogens with one attached hydrogen (secondary N) is 2. The number of thiazole rings is 1. The van der Waals surface area contributed by atoms with Gasteiger partial charge in [0.25, 0.3) is 5.69 Å². The molecule has 1 aliphatic heterocycles. The zero-order chi connectivity index (χ0) is 17.1. The Balaban J connectivity index is 1.64. The van der Waals surface area contributed by atoms with E-state index in [0.29, 0.717) is 37.0 Å². The number of benzene rings is 1. The number of morpholine rings is 1. The third-order valence-corrected chi connectivity index (χ3v) is 4.48. The Bertz CT molecular complexity index is 803. The van der Waals surface area contributed by atoms with Crippen LogP contribution in [0.4, 0.5) is 15.6 Å². The number of nitro groups is 1. The molecule has 0 atom stereocenters. The summed E-state index contributed by atoms with van der Waals surface area (Å²) in [7, 11) is 0. The van der Waals surface area contributed by atoms with Gasteiger partial charge in [0.15, 0.2) is 10.2 Å². The van der Waals surface area contributed by atoms with Gasteiger partial charge in [0, 0.05) is 25.2 Å². The summed E-state index contributed by atoms with van der Waals surface area (Å²) in [5.41, 5.74) is 0.474. The van der Waals surface area contributed by atoms with Crippen LogP contribution in [0.2, 0.25) is 0 Å². The minimum absolute atomic E-state index is 0.0254. The molecule has 0 bridgehead atoms. The number of hydrogen-bond acceptors (Lipinski definition) is 7. The number of carbonyl (C=O) groups is 1. The Hall–Kier alpha value is -2.37. The highest BCUT2D eigenvalue weighted by molar-refractivity contribution is 7.80. The van der Waals surface area contributed by atoms with Gasteiger partial charge in [-0.05, 0) is 18.3 Å². The monoisotopic (exact) mass is 367 g/mol. The van der Waals surface area contributed by atoms with Crippen molar-refractivity contribution in [1.29, 1.82) is 0 Å². The van der Waals surface area contributed by atoms with Gasteiger partial charge in [0.1, 0.15) is 0 Å². The molecule has 126 valence electrons. The Kier molecular flexibility index (Phi) is 4.83. The van der Waals surface area contributed by atoms with Crippen LogP contribution in [-0.4, -0.2) is 52.3 Å². The lowest BCUT2D eigenvalue weighted by molar-refractivity contribution is -0.384. The fraction of sp³-hybridized carbons (Fsp3) is 0.308. The summed E-state index contributed by atoms with van der Waals surface area (Å²) >= 11 is 6.40. The summed E-state index contributed by atoms with van der Waals surface area (Å²) < 4.78 is 5.97. The second-order valence-corrected chi connectivity index (χ2v) is 6.35. The molecule has 1 fully saturated rings. The van der Waals surface area contributed by atoms with E-state index in [1.807, 2.05) is 0 Å². The number of anilines is 1. The highest BCUT2D eigenvalue weighted by Crippen LogP contribution is 2.28. The van der Waals surface area contributed by atoms with Gasteiger partial charge in [-0.25, -0.2) is 9.78 Å². The molecule has 1 aromatic carbocycles. The molecular formula is C13H13N5O4S2. The average molecular weight is 367 g/mol. The van der Waals surface area contributed by atoms with Crippen molar-refractivity contribution in [2.75, 3.05) is 31.6 Å². The minimum Gasteiger partial charge on any atom is -0.378 e. The number of ether oxygens (including phenoxy) is 1. The molecule has 0 saturated carbocycles. The van der Waals surface area contributed by atoms with Crippen LogP contribution in [0, 0.1) is 10.1 Å². The van der Waals surface area contributed by atoms with Crippen LogP contribution in [0.3, 0.4) is 0 Å². The molecule has 0 aliphatic carbocycles. The fourth-order valence-electron chi connectivity index (χ4n) is 2.15. The summed E-state index contributed by atoms with van der Waals surface area (Å²) in [4.78, 5) is 28.2. The normalized spacial score (nSPS) is 14.4. The van der Waals surface area contributed by atoms with Gasteiger partial charge in [0.05, 0.1) is 28.4 Å². The number of carbonyl (C=O) groups excluding carboxylic acids is 1. The van der Waals surface area contributed by atoms with Crippen molar-refractivity contribution in [3.63, 3.8) is 0 Å². The molecular weight excluding hydrogens is 354 g/mol. The van der Waals surface area contributed by atoms with Crippen LogP contribution in [0.5, 0.6) is 0 Å². The van der Waals surface area contributed by atoms with Crippen LogP contribution >= 0.6 is 23.6 Å². The lowest BCUT2D eigenvalue weighted by atomic mass is 10.3. The molecule has 2 amide bonds. The summed E-state index contributed by atoms with van der Waals surface area (Å²) in [6, 6.07) is 4.15. The maximum atomic E-state index is 12.0. The molecule has 3 rings (SSSR count). The molecule has 1 aliphatic rings. The molecule has 11 heteroatoms. The second-order valence-electron chi connectivity index (χ2n) is 4.91. The quantitative estimate of drug-likeness (QED) is 0.474. The SMILES string of the molecule is O=C(NC(=S)Nc1nc2cc([N+](=O)[O-])ccc2s1)N1CCOCC1. The number of aromatic nitrogens is 1. The topological polar surface area (TPSA) is 110 Å². The van der Waals surface area contributed by atoms with E-state index in [4.69, 9.17) is 17.0 Å². The predicted octanol–water partition coefficient (Wildman–Crippen LogP) is 1.94. The summed E-state index contributed by atoms with van der Waals surface area (Å²) in [5, 5.41) is 16.8. The first kappa shape index (κ1) is 16.5. The van der Waals surface area contributed by atoms with Crippen molar-refractivity contribution in [3.8, 4) is 0 Å². The van der Waals surface area contributed by atoms with Gasteiger partial charge in [0.2, 0.25) is 0 Å². The van der Waals surface area contributed by atoms with Crippen molar-refractivity contribution in [2.24, 2.45) is 0 Å². The number of nitrogens with zero attached hydrogens (tertiary/aromatic N) is 3. The average Bonchev–Trinajstić information content (AvgIpc) is 2.96. The first-order valence-corrected chi connectivity index (χ1v) is 8.25. The molecule has 0 unspecified atom stereocenters. The van der Waals surface area contributed by atoms with Crippen molar-refractivity contribution in [2.45, 2.75) is 0 Å². The molecule has 24 heavy (non-hydrogen) atoms. The van der Waals surface area contributed by atoms with E-state index in [1.54, 1.807) is 11.0 Å². The first-order valence-electron chi connectivity index (χ1n) is 7.02. The van der Waals surface area contributed by atoms with Gasteiger partial charge in [-0.3, -0.25) is 15.4 Å². The van der Waals surface area contributed by atoms with E-state index < -0.39 is 4.92 Å². The standard InChI is InChI=1S/C13H13N5O4S2/c19-13(17-3-5-22-6-4-17)16-11(23)15-12-14-9-7-8(18(20)21)1-2-10(9)24-12/h1-2,7H,3-6H2,(H2,14,15,16,19,23). The molecule has 1 aromatic heterocycles. The number of non-ortho nitro benzene ring substituents is 1. The number of nitro benzene ring substituents is 1. The Morgan fingerprint density at radius 3 is 2.88 bits per heavy atom. The molecule has 2 N–H and O–H groups in total. The van der Waals surface area contributed by atoms with E-state index in [1.165, 1.54) is 23.5 Å². The number of urea groups is 1. The van der Waals surface area contributed by atoms with Gasteiger partial charge in [-0.2, -0.15) is 0 Å². The van der Waals surface area contributed by atoms with Crippen molar-refractivity contribution < 1.29 is 14.5 Å². The van der Waals surface area contributed by atoms with Crippen LogP contribution in [0.15, 0.2) is 18.2 Å². The highest BCUT2D eigenvalue weighted by atomic mass is 32.1. The fourth-order valence-corrected chi connectivity index (χ4v) is 3.25. The summed E-state index contributed by atoms with van der Waals surface area (Å²) in [6.45, 7) is 2.03. The van der Waals surface area contributed by atoms with E-state index in [-0.39, 0.29) is 16.8 Å². The zero-order valence-corrected chi connectivity index (χ0v) is 14.0. The highest BCUT2D eigenvalue weighted by Gasteiger charge is 2.18. The number of fused-ring (bicyclic) bond motifs is 1. The maximum absolute atomic E-state index is 12.0. The molecule has 0 radical (unpaired) electrons. The maximum Gasteiger partial charge on any atom is 0.323 e. The van der Waals surface area contributed by atoms with Crippen molar-refractivity contribution in [1.82, 2.24) is 15.2 Å². The Morgan fingerprint density at radius 1 is 1.42 bits per heavy atom. The molecule has 1 saturated heterocycles. The molecule has 9 nitrogen and oxygen atoms in total. The van der Waals surface area contributed by atoms with Crippen LogP contribution in [0.25, 0.3) is 10.2 Å². The van der Waals surface area contributed by atoms with Gasteiger partial charge >= 0.3 is 6.03 Å². The van der Waals surface area contributed by atoms with Gasteiger partial charge in [-0.1, -0.05) is 11.3 Å². The van der Waals surface area contributed by atoms with E-state index >= 15 is 0 Å². The number of thiocarbonyl (C=S) groups is 1. The zero-order valence-electron chi connectivity index (χ0n) is 12.4. The lowest BCUT2D eigenvalue weighted by Gasteiger charge is -2.26. The minimum atomic E-state index is -0.473. The number of amides is 2.